The molecule has 0 spiro atoms. The molecule has 0 aromatic carbocycles. The molecule has 1 heteroatoms. The van der Waals surface area contributed by atoms with Crippen LogP contribution >= 0.6 is 0 Å². The molecule has 1 nitrogen and oxygen atoms in total. The number of aryl methyl sites for hydroxylation is 2. The number of hydrogen-bond acceptors (Lipinski definition) is 1. The summed E-state index contributed by atoms with van der Waals surface area (Å²) in [6.07, 6.45) is 2.73. The molecule has 0 N–H and O–H groups in total. The highest BCUT2D eigenvalue weighted by molar-refractivity contribution is 5.13. The fourth-order valence-electron chi connectivity index (χ4n) is 0.766. The van der Waals surface area contributed by atoms with Gasteiger partial charge in [0.25, 0.3) is 0 Å². The van der Waals surface area contributed by atoms with Gasteiger partial charge in [0.2, 0.25) is 0 Å². The van der Waals surface area contributed by atoms with Gasteiger partial charge in [-0.25, -0.2) is 0 Å². The van der Waals surface area contributed by atoms with Crippen molar-refractivity contribution < 1.29 is 4.42 Å². The molecule has 0 unspecified atom stereocenters. The summed E-state index contributed by atoms with van der Waals surface area (Å²) < 4.78 is 5.11. The first kappa shape index (κ1) is 8.28. The van der Waals surface area contributed by atoms with Gasteiger partial charge in [0.15, 0.2) is 0 Å². The zero-order chi connectivity index (χ0) is 5.98. The largest absolute Gasteiger partial charge is 0.469 e. The summed E-state index contributed by atoms with van der Waals surface area (Å²) in [7, 11) is 0. The van der Waals surface area contributed by atoms with Crippen LogP contribution in [-0.2, 0) is 6.42 Å². The number of hydrogen-bond donors (Lipinski definition) is 0. The van der Waals surface area contributed by atoms with Crippen LogP contribution in [0, 0.1) is 6.92 Å². The van der Waals surface area contributed by atoms with Crippen molar-refractivity contribution >= 4 is 0 Å². The minimum atomic E-state index is 0. The van der Waals surface area contributed by atoms with Crippen LogP contribution in [0.3, 0.4) is 0 Å². The highest BCUT2D eigenvalue weighted by atomic mass is 16.3. The molecule has 9 heavy (non-hydrogen) atoms. The lowest BCUT2D eigenvalue weighted by Gasteiger charge is -1.86. The van der Waals surface area contributed by atoms with E-state index in [1.54, 1.807) is 6.26 Å². The molecule has 0 aliphatic heterocycles. The smallest absolute Gasteiger partial charge is 0.106 e. The predicted octanol–water partition coefficient (Wildman–Crippen LogP) is 2.79. The lowest BCUT2D eigenvalue weighted by Crippen LogP contribution is -1.75. The van der Waals surface area contributed by atoms with Gasteiger partial charge in [-0.2, -0.15) is 0 Å². The molecule has 0 aliphatic rings. The molecule has 1 aromatic rings. The van der Waals surface area contributed by atoms with Crippen molar-refractivity contribution in [2.45, 2.75) is 27.7 Å². The van der Waals surface area contributed by atoms with E-state index in [1.165, 1.54) is 5.56 Å². The molecule has 0 saturated carbocycles. The van der Waals surface area contributed by atoms with Crippen LogP contribution in [0.5, 0.6) is 0 Å². The zero-order valence-electron chi connectivity index (χ0n) is 5.27. The fraction of sp³-hybridized carbons (Fsp3) is 0.500. The van der Waals surface area contributed by atoms with Crippen molar-refractivity contribution in [2.24, 2.45) is 0 Å². The van der Waals surface area contributed by atoms with Gasteiger partial charge < -0.3 is 4.42 Å². The Morgan fingerprint density at radius 3 is 2.44 bits per heavy atom. The normalized spacial score (nSPS) is 8.67. The zero-order valence-corrected chi connectivity index (χ0v) is 5.27. The molecule has 52 valence electrons. The summed E-state index contributed by atoms with van der Waals surface area (Å²) in [6, 6.07) is 1.98. The van der Waals surface area contributed by atoms with E-state index in [9.17, 15) is 0 Å². The topological polar surface area (TPSA) is 13.1 Å². The van der Waals surface area contributed by atoms with Gasteiger partial charge >= 0.3 is 0 Å². The summed E-state index contributed by atoms with van der Waals surface area (Å²) in [6.45, 7) is 4.15. The van der Waals surface area contributed by atoms with E-state index in [-0.39, 0.29) is 7.43 Å². The first-order valence-corrected chi connectivity index (χ1v) is 2.87. The minimum Gasteiger partial charge on any atom is -0.469 e. The van der Waals surface area contributed by atoms with Gasteiger partial charge in [0.05, 0.1) is 6.26 Å². The maximum atomic E-state index is 5.11. The average Bonchev–Trinajstić information content (AvgIpc) is 2.14. The van der Waals surface area contributed by atoms with E-state index in [1.807, 2.05) is 6.07 Å². The minimum absolute atomic E-state index is 0. The second kappa shape index (κ2) is 3.33. The first-order valence-electron chi connectivity index (χ1n) is 2.87. The van der Waals surface area contributed by atoms with E-state index in [0.717, 1.165) is 12.2 Å². The van der Waals surface area contributed by atoms with Gasteiger partial charge in [0.1, 0.15) is 5.76 Å². The third-order valence-electron chi connectivity index (χ3n) is 1.29. The lowest BCUT2D eigenvalue weighted by molar-refractivity contribution is 0.513. The summed E-state index contributed by atoms with van der Waals surface area (Å²) in [5.74, 6) is 1.10. The average molecular weight is 126 g/mol. The molecular formula is C8H14O. The van der Waals surface area contributed by atoms with Crippen molar-refractivity contribution in [3.05, 3.63) is 23.7 Å². The van der Waals surface area contributed by atoms with E-state index in [0.29, 0.717) is 0 Å². The third kappa shape index (κ3) is 1.60. The molecular weight excluding hydrogens is 112 g/mol. The monoisotopic (exact) mass is 126 g/mol. The number of rotatable bonds is 1. The molecule has 0 fully saturated rings. The van der Waals surface area contributed by atoms with E-state index < -0.39 is 0 Å². The van der Waals surface area contributed by atoms with E-state index >= 15 is 0 Å². The molecule has 0 bridgehead atoms. The quantitative estimate of drug-likeness (QED) is 0.564. The highest BCUT2D eigenvalue weighted by Crippen LogP contribution is 2.07. The standard InChI is InChI=1S/C7H10O.CH4/c1-3-7-6(2)4-5-8-7;/h4-5H,3H2,1-2H3;1H4. The van der Waals surface area contributed by atoms with Crippen molar-refractivity contribution in [1.82, 2.24) is 0 Å². The molecule has 0 atom stereocenters. The molecule has 1 rings (SSSR count). The Balaban J connectivity index is 0.000000640. The third-order valence-corrected chi connectivity index (χ3v) is 1.29. The van der Waals surface area contributed by atoms with Gasteiger partial charge in [0, 0.05) is 6.42 Å². The molecule has 0 saturated heterocycles. The predicted molar refractivity (Wildman–Crippen MR) is 39.6 cm³/mol. The van der Waals surface area contributed by atoms with Crippen LogP contribution in [-0.4, -0.2) is 0 Å². The summed E-state index contributed by atoms with van der Waals surface area (Å²) in [4.78, 5) is 0. The molecule has 0 aliphatic carbocycles. The van der Waals surface area contributed by atoms with Crippen LogP contribution in [0.4, 0.5) is 0 Å². The molecule has 0 radical (unpaired) electrons. The molecule has 1 aromatic heterocycles. The Morgan fingerprint density at radius 1 is 1.56 bits per heavy atom. The second-order valence-corrected chi connectivity index (χ2v) is 1.88. The van der Waals surface area contributed by atoms with Crippen molar-refractivity contribution in [3.8, 4) is 0 Å². The fourth-order valence-corrected chi connectivity index (χ4v) is 0.766. The van der Waals surface area contributed by atoms with Crippen molar-refractivity contribution in [3.63, 3.8) is 0 Å². The SMILES string of the molecule is C.CCc1occc1C. The second-order valence-electron chi connectivity index (χ2n) is 1.88. The van der Waals surface area contributed by atoms with Gasteiger partial charge in [-0.1, -0.05) is 14.4 Å². The highest BCUT2D eigenvalue weighted by Gasteiger charge is 1.94. The van der Waals surface area contributed by atoms with Gasteiger partial charge in [-0.15, -0.1) is 0 Å². The molecule has 1 heterocycles. The van der Waals surface area contributed by atoms with Gasteiger partial charge in [-0.3, -0.25) is 0 Å². The van der Waals surface area contributed by atoms with Crippen LogP contribution in [0.25, 0.3) is 0 Å². The Kier molecular flexibility index (Phi) is 3.07. The lowest BCUT2D eigenvalue weighted by atomic mass is 10.2. The molecule has 0 amide bonds. The first-order chi connectivity index (χ1) is 3.84. The Labute approximate surface area is 56.7 Å². The summed E-state index contributed by atoms with van der Waals surface area (Å²) in [5.41, 5.74) is 1.26. The number of furan rings is 1. The maximum absolute atomic E-state index is 5.11. The Hall–Kier alpha value is -0.720. The summed E-state index contributed by atoms with van der Waals surface area (Å²) in [5, 5.41) is 0. The Morgan fingerprint density at radius 2 is 2.22 bits per heavy atom. The Bertz CT molecular complexity index is 165. The summed E-state index contributed by atoms with van der Waals surface area (Å²) >= 11 is 0. The van der Waals surface area contributed by atoms with E-state index in [2.05, 4.69) is 13.8 Å². The van der Waals surface area contributed by atoms with Crippen LogP contribution in [0.2, 0.25) is 0 Å². The van der Waals surface area contributed by atoms with Crippen LogP contribution < -0.4 is 0 Å². The van der Waals surface area contributed by atoms with E-state index in [4.69, 9.17) is 4.42 Å². The van der Waals surface area contributed by atoms with Gasteiger partial charge in [-0.05, 0) is 18.6 Å². The van der Waals surface area contributed by atoms with Crippen LogP contribution in [0.15, 0.2) is 16.7 Å². The van der Waals surface area contributed by atoms with Crippen molar-refractivity contribution in [2.75, 3.05) is 0 Å². The van der Waals surface area contributed by atoms with Crippen molar-refractivity contribution in [1.29, 1.82) is 0 Å². The van der Waals surface area contributed by atoms with Crippen LogP contribution in [0.1, 0.15) is 25.7 Å². The maximum Gasteiger partial charge on any atom is 0.106 e.